The van der Waals surface area contributed by atoms with Crippen molar-refractivity contribution in [3.8, 4) is 0 Å². The third kappa shape index (κ3) is 6.89. The fourth-order valence-corrected chi connectivity index (χ4v) is 15.5. The minimum atomic E-state index is -1.63. The molecule has 2 spiro atoms. The minimum Gasteiger partial charge on any atom is -0.455 e. The summed E-state index contributed by atoms with van der Waals surface area (Å²) in [6, 6.07) is 0. The average Bonchev–Trinajstić information content (AvgIpc) is 3.52. The number of aliphatic hydroxyl groups is 7. The second-order valence-corrected chi connectivity index (χ2v) is 22.2. The zero-order valence-corrected chi connectivity index (χ0v) is 37.3. The molecule has 0 aromatic heterocycles. The normalized spacial score (nSPS) is 53.8. The van der Waals surface area contributed by atoms with Gasteiger partial charge in [0.15, 0.2) is 24.8 Å². The van der Waals surface area contributed by atoms with E-state index in [0.717, 1.165) is 32.1 Å². The molecule has 5 saturated carbocycles. The first-order valence-electron chi connectivity index (χ1n) is 22.6. The largest absolute Gasteiger partial charge is 0.455 e. The summed E-state index contributed by atoms with van der Waals surface area (Å²) in [5, 5.41) is 77.1. The predicted molar refractivity (Wildman–Crippen MR) is 213 cm³/mol. The SMILES string of the molecule is CC(=O)O[C@@H]1[C@@H](OC(C)=O)[C@H](O[C@@H]2CC[C@]34C[C@]35CC[C@]3(C)[C@@H]([C@@]6(C)CC[C@@H](C(C)(C)O)O6)[C@@H](O)C[C@@]3(C)[C@@H]5C[C@H](O[C@H]3O[C@@H](CO)[C@H](O)[C@@H](O)[C@@H]3O)[C@H]4C2(C)C)OC[C@H]1O. The molecule has 61 heavy (non-hydrogen) atoms. The van der Waals surface area contributed by atoms with Gasteiger partial charge in [-0.2, -0.15) is 0 Å². The molecule has 7 N–H and O–H groups in total. The number of ether oxygens (including phenoxy) is 7. The van der Waals surface area contributed by atoms with Gasteiger partial charge in [0.1, 0.15) is 30.5 Å². The summed E-state index contributed by atoms with van der Waals surface area (Å²) in [4.78, 5) is 24.5. The zero-order valence-electron chi connectivity index (χ0n) is 37.3. The number of hydrogen-bond donors (Lipinski definition) is 7. The van der Waals surface area contributed by atoms with Gasteiger partial charge in [-0.05, 0) is 117 Å². The summed E-state index contributed by atoms with van der Waals surface area (Å²) in [6.07, 6.45) is -7.80. The van der Waals surface area contributed by atoms with Crippen molar-refractivity contribution in [3.05, 3.63) is 0 Å². The highest BCUT2D eigenvalue weighted by atomic mass is 16.7. The zero-order chi connectivity index (χ0) is 44.6. The first-order valence-corrected chi connectivity index (χ1v) is 22.6. The summed E-state index contributed by atoms with van der Waals surface area (Å²) in [7, 11) is 0. The van der Waals surface area contributed by atoms with Gasteiger partial charge in [-0.25, -0.2) is 0 Å². The van der Waals surface area contributed by atoms with Crippen molar-refractivity contribution in [3.63, 3.8) is 0 Å². The topological polar surface area (TPSA) is 240 Å². The van der Waals surface area contributed by atoms with Crippen LogP contribution in [0.5, 0.6) is 0 Å². The van der Waals surface area contributed by atoms with Crippen LogP contribution in [0.15, 0.2) is 0 Å². The second-order valence-electron chi connectivity index (χ2n) is 22.2. The van der Waals surface area contributed by atoms with Gasteiger partial charge in [-0.3, -0.25) is 9.59 Å². The molecule has 0 amide bonds. The molecule has 21 atom stereocenters. The van der Waals surface area contributed by atoms with Gasteiger partial charge in [-0.1, -0.05) is 27.7 Å². The lowest BCUT2D eigenvalue weighted by atomic mass is 9.41. The van der Waals surface area contributed by atoms with E-state index in [1.54, 1.807) is 13.8 Å². The van der Waals surface area contributed by atoms with Crippen molar-refractivity contribution in [2.45, 2.75) is 211 Å². The standard InChI is InChI=1S/C45H72O16/c1-21(47)56-33-24(50)19-55-38(34(33)57-22(2)48)60-28-11-13-45-20-44(45)15-14-41(7)35(43(9)12-10-29(61-43)40(5,6)54)23(49)17-42(41,8)27(44)16-25(36(45)39(28,3)4)58-37-32(53)31(52)30(51)26(18-46)59-37/h23-38,46,49-54H,10-20H2,1-9H3/t23-,24+,25-,26-,27-,28+,29-,30-,31+,32-,33-,34+,35-,36-,37-,38-,41+,42-,43+,44-,45+/m0/s1. The highest BCUT2D eigenvalue weighted by Gasteiger charge is 2.85. The molecule has 0 aromatic carbocycles. The van der Waals surface area contributed by atoms with Crippen molar-refractivity contribution in [1.29, 1.82) is 0 Å². The number of aliphatic hydroxyl groups excluding tert-OH is 6. The molecule has 8 fully saturated rings. The number of esters is 2. The van der Waals surface area contributed by atoms with E-state index in [4.69, 9.17) is 33.2 Å². The quantitative estimate of drug-likeness (QED) is 0.129. The Bertz CT molecular complexity index is 1680. The van der Waals surface area contributed by atoms with E-state index in [1.807, 2.05) is 0 Å². The Morgan fingerprint density at radius 3 is 2.05 bits per heavy atom. The van der Waals surface area contributed by atoms with Crippen molar-refractivity contribution in [2.75, 3.05) is 13.2 Å². The maximum absolute atomic E-state index is 12.4. The summed E-state index contributed by atoms with van der Waals surface area (Å²) in [5.74, 6) is -1.67. The number of carbonyl (C=O) groups is 2. The van der Waals surface area contributed by atoms with Gasteiger partial charge in [0.05, 0.1) is 48.8 Å². The maximum Gasteiger partial charge on any atom is 0.303 e. The van der Waals surface area contributed by atoms with Crippen LogP contribution < -0.4 is 0 Å². The van der Waals surface area contributed by atoms with Gasteiger partial charge < -0.3 is 68.9 Å². The lowest BCUT2D eigenvalue weighted by Gasteiger charge is -2.65. The van der Waals surface area contributed by atoms with Crippen molar-refractivity contribution >= 4 is 11.9 Å². The predicted octanol–water partition coefficient (Wildman–Crippen LogP) is 1.87. The van der Waals surface area contributed by atoms with Crippen LogP contribution in [0.4, 0.5) is 0 Å². The minimum absolute atomic E-state index is 0.0638. The van der Waals surface area contributed by atoms with E-state index in [0.29, 0.717) is 25.7 Å². The van der Waals surface area contributed by atoms with Crippen molar-refractivity contribution < 1.29 is 78.5 Å². The summed E-state index contributed by atoms with van der Waals surface area (Å²) in [5.41, 5.74) is -3.46. The van der Waals surface area contributed by atoms with E-state index < -0.39 is 109 Å². The molecular weight excluding hydrogens is 796 g/mol. The first-order chi connectivity index (χ1) is 28.3. The van der Waals surface area contributed by atoms with Crippen LogP contribution in [0, 0.1) is 44.8 Å². The smallest absolute Gasteiger partial charge is 0.303 e. The van der Waals surface area contributed by atoms with Crippen LogP contribution in [0.2, 0.25) is 0 Å². The van der Waals surface area contributed by atoms with Gasteiger partial charge in [0, 0.05) is 19.8 Å². The number of hydrogen-bond acceptors (Lipinski definition) is 16. The number of rotatable bonds is 9. The van der Waals surface area contributed by atoms with Gasteiger partial charge in [-0.15, -0.1) is 0 Å². The second kappa shape index (κ2) is 15.3. The number of carbonyl (C=O) groups excluding carboxylic acids is 2. The van der Waals surface area contributed by atoms with Crippen LogP contribution in [0.3, 0.4) is 0 Å². The molecule has 0 radical (unpaired) electrons. The lowest BCUT2D eigenvalue weighted by molar-refractivity contribution is -0.339. The molecule has 8 rings (SSSR count). The third-order valence-corrected chi connectivity index (χ3v) is 18.2. The molecule has 5 aliphatic carbocycles. The molecule has 0 bridgehead atoms. The van der Waals surface area contributed by atoms with Crippen LogP contribution in [-0.2, 0) is 42.7 Å². The van der Waals surface area contributed by atoms with E-state index in [2.05, 4.69) is 34.6 Å². The fourth-order valence-electron chi connectivity index (χ4n) is 15.5. The Morgan fingerprint density at radius 2 is 1.43 bits per heavy atom. The molecule has 348 valence electrons. The first kappa shape index (κ1) is 46.0. The highest BCUT2D eigenvalue weighted by molar-refractivity contribution is 5.67. The molecule has 3 heterocycles. The summed E-state index contributed by atoms with van der Waals surface area (Å²) >= 11 is 0. The Labute approximate surface area is 358 Å². The Kier molecular flexibility index (Phi) is 11.5. The third-order valence-electron chi connectivity index (χ3n) is 18.2. The number of fused-ring (bicyclic) bond motifs is 2. The van der Waals surface area contributed by atoms with Crippen molar-refractivity contribution in [2.24, 2.45) is 44.8 Å². The van der Waals surface area contributed by atoms with E-state index in [9.17, 15) is 45.3 Å². The van der Waals surface area contributed by atoms with Crippen molar-refractivity contribution in [1.82, 2.24) is 0 Å². The van der Waals surface area contributed by atoms with Gasteiger partial charge in [0.25, 0.3) is 0 Å². The molecule has 0 aromatic rings. The monoisotopic (exact) mass is 868 g/mol. The van der Waals surface area contributed by atoms with Crippen LogP contribution in [0.25, 0.3) is 0 Å². The maximum atomic E-state index is 12.4. The van der Waals surface area contributed by atoms with E-state index >= 15 is 0 Å². The summed E-state index contributed by atoms with van der Waals surface area (Å²) in [6.45, 7) is 16.1. The molecule has 3 saturated heterocycles. The Hall–Kier alpha value is -1.54. The fraction of sp³-hybridized carbons (Fsp3) is 0.956. The Balaban J connectivity index is 1.15. The van der Waals surface area contributed by atoms with Crippen LogP contribution in [-0.4, -0.2) is 152 Å². The van der Waals surface area contributed by atoms with E-state index in [-0.39, 0.29) is 52.1 Å². The Morgan fingerprint density at radius 1 is 0.754 bits per heavy atom. The lowest BCUT2D eigenvalue weighted by Crippen LogP contribution is -2.65. The molecule has 8 aliphatic rings. The average molecular weight is 869 g/mol. The molecule has 3 aliphatic heterocycles. The molecule has 0 unspecified atom stereocenters. The summed E-state index contributed by atoms with van der Waals surface area (Å²) < 4.78 is 43.6. The van der Waals surface area contributed by atoms with Crippen LogP contribution >= 0.6 is 0 Å². The van der Waals surface area contributed by atoms with E-state index in [1.165, 1.54) is 13.8 Å². The molecule has 16 heteroatoms. The van der Waals surface area contributed by atoms with Gasteiger partial charge in [0.2, 0.25) is 0 Å². The van der Waals surface area contributed by atoms with Gasteiger partial charge >= 0.3 is 11.9 Å². The highest BCUT2D eigenvalue weighted by Crippen LogP contribution is 2.89. The molecular formula is C45H72O16. The molecule has 16 nitrogen and oxygen atoms in total. The van der Waals surface area contributed by atoms with Crippen LogP contribution in [0.1, 0.15) is 120 Å².